The summed E-state index contributed by atoms with van der Waals surface area (Å²) in [5, 5.41) is 25.2. The fraction of sp³-hybridized carbons (Fsp3) is 0.500. The fourth-order valence-corrected chi connectivity index (χ4v) is 3.72. The minimum absolute atomic E-state index is 0.215. The molecule has 2 aliphatic rings. The quantitative estimate of drug-likeness (QED) is 0.637. The molecule has 1 aliphatic heterocycles. The number of carbonyl (C=O) groups is 1. The summed E-state index contributed by atoms with van der Waals surface area (Å²) >= 11 is 5.90. The van der Waals surface area contributed by atoms with Gasteiger partial charge >= 0.3 is 5.66 Å². The second-order valence-electron chi connectivity index (χ2n) is 6.47. The molecule has 1 atom stereocenters. The Morgan fingerprint density at radius 3 is 2.50 bits per heavy atom. The van der Waals surface area contributed by atoms with Gasteiger partial charge in [0.15, 0.2) is 0 Å². The molecule has 0 aromatic heterocycles. The Kier molecular flexibility index (Phi) is 3.55. The second-order valence-corrected chi connectivity index (χ2v) is 6.90. The number of hydrogen-bond acceptors (Lipinski definition) is 4. The molecule has 6 heteroatoms. The average molecular weight is 323 g/mol. The Bertz CT molecular complexity index is 654. The minimum Gasteiger partial charge on any atom is -0.622 e. The normalized spacial score (nSPS) is 28.6. The number of carbonyl (C=O) groups excluding carboxylic acids is 1. The Morgan fingerprint density at radius 1 is 1.27 bits per heavy atom. The van der Waals surface area contributed by atoms with Gasteiger partial charge in [-0.15, -0.1) is 5.06 Å². The Hall–Kier alpha value is -1.43. The third kappa shape index (κ3) is 1.93. The first-order valence-electron chi connectivity index (χ1n) is 7.45. The Labute approximate surface area is 134 Å². The summed E-state index contributed by atoms with van der Waals surface area (Å²) in [6, 6.07) is 6.88. The van der Waals surface area contributed by atoms with Gasteiger partial charge in [0.05, 0.1) is 0 Å². The topological polar surface area (TPSA) is 66.6 Å². The van der Waals surface area contributed by atoms with E-state index in [0.717, 1.165) is 22.6 Å². The van der Waals surface area contributed by atoms with Crippen LogP contribution in [0.15, 0.2) is 24.3 Å². The molecule has 1 aromatic rings. The fourth-order valence-electron chi connectivity index (χ4n) is 3.60. The summed E-state index contributed by atoms with van der Waals surface area (Å²) < 4.78 is 0.720. The van der Waals surface area contributed by atoms with E-state index in [2.05, 4.69) is 0 Å². The van der Waals surface area contributed by atoms with E-state index in [1.165, 1.54) is 0 Å². The van der Waals surface area contributed by atoms with E-state index in [4.69, 9.17) is 11.6 Å². The highest BCUT2D eigenvalue weighted by Gasteiger charge is 2.66. The molecule has 0 saturated heterocycles. The van der Waals surface area contributed by atoms with Crippen LogP contribution in [0.2, 0.25) is 5.02 Å². The summed E-state index contributed by atoms with van der Waals surface area (Å²) in [6.07, 6.45) is 2.16. The van der Waals surface area contributed by atoms with E-state index in [1.54, 1.807) is 38.1 Å². The molecular weight excluding hydrogens is 304 g/mol. The van der Waals surface area contributed by atoms with Crippen LogP contribution in [-0.2, 0) is 4.79 Å². The van der Waals surface area contributed by atoms with Gasteiger partial charge in [0.1, 0.15) is 5.54 Å². The van der Waals surface area contributed by atoms with Crippen molar-refractivity contribution in [3.63, 3.8) is 0 Å². The van der Waals surface area contributed by atoms with Crippen molar-refractivity contribution < 1.29 is 14.7 Å². The van der Waals surface area contributed by atoms with Gasteiger partial charge in [0.25, 0.3) is 0 Å². The predicted molar refractivity (Wildman–Crippen MR) is 83.1 cm³/mol. The molecule has 0 amide bonds. The first kappa shape index (κ1) is 15.5. The van der Waals surface area contributed by atoms with Crippen LogP contribution in [0.1, 0.15) is 45.1 Å². The standard InChI is InChI=1S/C16H19ClN2O3/c1-15(2)14(11-6-8-12(17)9-7-11)18(21)16(19(15)22)10-4-3-5-13(16)20/h6-9,22H,3-5,10H2,1-2H3/t16-/m0/s1. The molecule has 1 saturated carbocycles. The minimum atomic E-state index is -1.49. The van der Waals surface area contributed by atoms with Crippen LogP contribution in [-0.4, -0.2) is 37.7 Å². The molecule has 1 heterocycles. The third-order valence-corrected chi connectivity index (χ3v) is 4.99. The van der Waals surface area contributed by atoms with Crippen LogP contribution in [0.4, 0.5) is 0 Å². The molecule has 118 valence electrons. The number of Topliss-reactive ketones (excluding diaryl/α,β-unsaturated/α-hetero) is 1. The van der Waals surface area contributed by atoms with Crippen molar-refractivity contribution in [1.29, 1.82) is 0 Å². The number of halogens is 1. The molecule has 22 heavy (non-hydrogen) atoms. The van der Waals surface area contributed by atoms with Gasteiger partial charge in [0, 0.05) is 23.4 Å². The first-order chi connectivity index (χ1) is 10.3. The number of benzene rings is 1. The maximum absolute atomic E-state index is 13.0. The van der Waals surface area contributed by atoms with Gasteiger partial charge in [0.2, 0.25) is 11.5 Å². The Balaban J connectivity index is 2.20. The number of hydroxylamine groups is 3. The summed E-state index contributed by atoms with van der Waals surface area (Å²) in [5.41, 5.74) is -1.39. The first-order valence-corrected chi connectivity index (χ1v) is 7.83. The second kappa shape index (κ2) is 5.05. The lowest BCUT2D eigenvalue weighted by Gasteiger charge is -2.36. The van der Waals surface area contributed by atoms with E-state index in [-0.39, 0.29) is 5.78 Å². The summed E-state index contributed by atoms with van der Waals surface area (Å²) in [7, 11) is 0. The van der Waals surface area contributed by atoms with Crippen molar-refractivity contribution in [2.45, 2.75) is 50.7 Å². The zero-order valence-corrected chi connectivity index (χ0v) is 13.4. The highest BCUT2D eigenvalue weighted by molar-refractivity contribution is 6.30. The highest BCUT2D eigenvalue weighted by atomic mass is 35.5. The highest BCUT2D eigenvalue weighted by Crippen LogP contribution is 2.41. The van der Waals surface area contributed by atoms with Crippen molar-refractivity contribution >= 4 is 23.1 Å². The van der Waals surface area contributed by atoms with Crippen LogP contribution in [0.25, 0.3) is 0 Å². The lowest BCUT2D eigenvalue weighted by Crippen LogP contribution is -2.60. The summed E-state index contributed by atoms with van der Waals surface area (Å²) in [4.78, 5) is 12.5. The number of ketones is 1. The van der Waals surface area contributed by atoms with Gasteiger partial charge in [-0.1, -0.05) is 11.6 Å². The Morgan fingerprint density at radius 2 is 1.91 bits per heavy atom. The molecule has 0 bridgehead atoms. The van der Waals surface area contributed by atoms with Gasteiger partial charge in [-0.25, -0.2) is 0 Å². The number of nitrogens with zero attached hydrogens (tertiary/aromatic N) is 2. The zero-order chi connectivity index (χ0) is 16.1. The monoisotopic (exact) mass is 322 g/mol. The van der Waals surface area contributed by atoms with Crippen LogP contribution < -0.4 is 0 Å². The number of rotatable bonds is 1. The smallest absolute Gasteiger partial charge is 0.310 e. The lowest BCUT2D eigenvalue weighted by molar-refractivity contribution is -0.573. The maximum atomic E-state index is 13.0. The van der Waals surface area contributed by atoms with Crippen molar-refractivity contribution in [3.8, 4) is 0 Å². The molecule has 0 unspecified atom stereocenters. The van der Waals surface area contributed by atoms with E-state index in [9.17, 15) is 15.2 Å². The SMILES string of the molecule is CC1(C)C(c2ccc(Cl)cc2)=[N+]([O-])[C@@]2(CCCCC2=O)N1O. The molecule has 5 nitrogen and oxygen atoms in total. The largest absolute Gasteiger partial charge is 0.622 e. The van der Waals surface area contributed by atoms with Crippen molar-refractivity contribution in [2.24, 2.45) is 0 Å². The molecule has 3 rings (SSSR count). The third-order valence-electron chi connectivity index (χ3n) is 4.74. The molecule has 1 fully saturated rings. The van der Waals surface area contributed by atoms with Gasteiger partial charge in [-0.3, -0.25) is 4.79 Å². The molecule has 1 aromatic carbocycles. The zero-order valence-electron chi connectivity index (χ0n) is 12.7. The van der Waals surface area contributed by atoms with E-state index in [0.29, 0.717) is 29.1 Å². The van der Waals surface area contributed by atoms with Crippen molar-refractivity contribution in [2.75, 3.05) is 0 Å². The van der Waals surface area contributed by atoms with Gasteiger partial charge in [-0.2, -0.15) is 4.74 Å². The lowest BCUT2D eigenvalue weighted by atomic mass is 9.86. The van der Waals surface area contributed by atoms with Gasteiger partial charge < -0.3 is 10.4 Å². The van der Waals surface area contributed by atoms with Crippen LogP contribution in [0, 0.1) is 5.21 Å². The van der Waals surface area contributed by atoms with Crippen LogP contribution in [0.3, 0.4) is 0 Å². The van der Waals surface area contributed by atoms with Crippen LogP contribution >= 0.6 is 11.6 Å². The van der Waals surface area contributed by atoms with E-state index in [1.807, 2.05) is 0 Å². The van der Waals surface area contributed by atoms with Crippen molar-refractivity contribution in [1.82, 2.24) is 5.06 Å². The molecular formula is C16H19ClN2O3. The predicted octanol–water partition coefficient (Wildman–Crippen LogP) is 2.96. The van der Waals surface area contributed by atoms with Crippen LogP contribution in [0.5, 0.6) is 0 Å². The number of hydrogen-bond donors (Lipinski definition) is 1. The average Bonchev–Trinajstić information content (AvgIpc) is 2.62. The maximum Gasteiger partial charge on any atom is 0.310 e. The molecule has 1 spiro atoms. The van der Waals surface area contributed by atoms with Gasteiger partial charge in [-0.05, 0) is 51.0 Å². The molecule has 0 radical (unpaired) electrons. The molecule has 1 aliphatic carbocycles. The van der Waals surface area contributed by atoms with E-state index >= 15 is 0 Å². The molecule has 1 N–H and O–H groups in total. The van der Waals surface area contributed by atoms with E-state index < -0.39 is 11.2 Å². The van der Waals surface area contributed by atoms with Crippen molar-refractivity contribution in [3.05, 3.63) is 40.1 Å². The summed E-state index contributed by atoms with van der Waals surface area (Å²) in [5.74, 6) is -0.215. The summed E-state index contributed by atoms with van der Waals surface area (Å²) in [6.45, 7) is 3.50.